The summed E-state index contributed by atoms with van der Waals surface area (Å²) in [5, 5.41) is 19.0. The lowest BCUT2D eigenvalue weighted by atomic mass is 9.89. The van der Waals surface area contributed by atoms with E-state index in [0.29, 0.717) is 5.75 Å². The zero-order valence-corrected chi connectivity index (χ0v) is 28.0. The van der Waals surface area contributed by atoms with Crippen LogP contribution in [0.15, 0.2) is 66.7 Å². The second-order valence-electron chi connectivity index (χ2n) is 12.0. The molecule has 2 heterocycles. The minimum absolute atomic E-state index is 0.0201. The molecule has 2 aromatic rings. The minimum Gasteiger partial charge on any atom is -0.497 e. The Morgan fingerprint density at radius 3 is 2.10 bits per heavy atom. The molecular formula is C36H42O14. The topological polar surface area (TPSA) is 190 Å². The van der Waals surface area contributed by atoms with Crippen LogP contribution >= 0.6 is 0 Å². The van der Waals surface area contributed by atoms with Crippen molar-refractivity contribution in [2.24, 2.45) is 5.92 Å². The molecule has 1 saturated heterocycles. The van der Waals surface area contributed by atoms with Gasteiger partial charge in [-0.3, -0.25) is 24.0 Å². The van der Waals surface area contributed by atoms with Crippen LogP contribution < -0.4 is 4.74 Å². The van der Waals surface area contributed by atoms with Crippen molar-refractivity contribution < 1.29 is 67.3 Å². The zero-order valence-electron chi connectivity index (χ0n) is 28.0. The Hall–Kier alpha value is -4.63. The molecule has 14 nitrogen and oxygen atoms in total. The number of hydrogen-bond acceptors (Lipinski definition) is 12. The van der Waals surface area contributed by atoms with Crippen LogP contribution in [0, 0.1) is 5.92 Å². The Kier molecular flexibility index (Phi) is 14.0. The Balaban J connectivity index is 1.74. The van der Waals surface area contributed by atoms with Gasteiger partial charge in [0.15, 0.2) is 18.0 Å². The summed E-state index contributed by atoms with van der Waals surface area (Å²) in [5.74, 6) is -4.24. The van der Waals surface area contributed by atoms with Gasteiger partial charge in [0.05, 0.1) is 26.4 Å². The second kappa shape index (κ2) is 18.4. The molecule has 270 valence electrons. The highest BCUT2D eigenvalue weighted by molar-refractivity contribution is 5.95. The molecule has 0 aliphatic carbocycles. The van der Waals surface area contributed by atoms with Crippen LogP contribution in [0.1, 0.15) is 50.7 Å². The van der Waals surface area contributed by atoms with E-state index in [0.717, 1.165) is 24.1 Å². The number of benzene rings is 2. The van der Waals surface area contributed by atoms with Gasteiger partial charge in [-0.25, -0.2) is 0 Å². The van der Waals surface area contributed by atoms with Crippen molar-refractivity contribution in [1.29, 1.82) is 0 Å². The summed E-state index contributed by atoms with van der Waals surface area (Å²) in [7, 11) is 1.54. The van der Waals surface area contributed by atoms with Crippen LogP contribution in [0.5, 0.6) is 5.75 Å². The van der Waals surface area contributed by atoms with Crippen LogP contribution in [0.2, 0.25) is 0 Å². The van der Waals surface area contributed by atoms with Gasteiger partial charge < -0.3 is 43.4 Å². The van der Waals surface area contributed by atoms with E-state index >= 15 is 0 Å². The molecule has 14 heteroatoms. The summed E-state index contributed by atoms with van der Waals surface area (Å²) in [6.45, 7) is 2.43. The van der Waals surface area contributed by atoms with E-state index in [-0.39, 0.29) is 38.9 Å². The fraction of sp³-hybridized carbons (Fsp3) is 0.472. The first kappa shape index (κ1) is 38.2. The van der Waals surface area contributed by atoms with Crippen molar-refractivity contribution in [3.63, 3.8) is 0 Å². The normalized spacial score (nSPS) is 24.3. The molecule has 0 aromatic heterocycles. The molecule has 0 radical (unpaired) electrons. The monoisotopic (exact) mass is 698 g/mol. The molecule has 0 bridgehead atoms. The number of aliphatic carboxylic acids is 2. The van der Waals surface area contributed by atoms with E-state index < -0.39 is 78.5 Å². The van der Waals surface area contributed by atoms with Gasteiger partial charge >= 0.3 is 23.9 Å². The lowest BCUT2D eigenvalue weighted by Gasteiger charge is -2.35. The SMILES string of the molecule is COc1ccc(CO[C@H]2[C@H]([C@H](OC(C)=O)[C@H]3OC(OC(C)=O)C=CC3=O)O[C@H](CC(CCC(=O)O)CC(=O)O)[C@@H]2OCc2ccccc2)cc1. The molecule has 50 heavy (non-hydrogen) atoms. The van der Waals surface area contributed by atoms with Gasteiger partial charge in [0.1, 0.15) is 24.1 Å². The molecule has 0 spiro atoms. The lowest BCUT2D eigenvalue weighted by Crippen LogP contribution is -2.53. The predicted molar refractivity (Wildman–Crippen MR) is 173 cm³/mol. The fourth-order valence-electron chi connectivity index (χ4n) is 5.98. The Morgan fingerprint density at radius 2 is 1.50 bits per heavy atom. The fourth-order valence-corrected chi connectivity index (χ4v) is 5.98. The number of carboxylic acids is 2. The van der Waals surface area contributed by atoms with Gasteiger partial charge in [0.2, 0.25) is 6.29 Å². The average molecular weight is 699 g/mol. The molecule has 2 aliphatic rings. The van der Waals surface area contributed by atoms with Crippen LogP contribution in [-0.4, -0.2) is 89.9 Å². The molecular weight excluding hydrogens is 656 g/mol. The van der Waals surface area contributed by atoms with Crippen LogP contribution in [-0.2, 0) is 65.6 Å². The van der Waals surface area contributed by atoms with E-state index in [1.54, 1.807) is 31.4 Å². The first-order chi connectivity index (χ1) is 23.9. The Labute approximate surface area is 289 Å². The van der Waals surface area contributed by atoms with Crippen LogP contribution in [0.25, 0.3) is 0 Å². The summed E-state index contributed by atoms with van der Waals surface area (Å²) in [6.07, 6.45) is -6.36. The maximum absolute atomic E-state index is 13.3. The molecule has 1 fully saturated rings. The standard InChI is InChI=1S/C36H42O14/c1-21(37)47-31-16-14-27(39)32(50-31)35(48-22(2)38)36-34(46-20-24-9-12-26(44-3)13-10-24)33(45-19-23-7-5-4-6-8-23)28(49-36)17-25(18-30(42)43)11-15-29(40)41/h4-10,12-14,16,25,28,31-36H,11,15,17-20H2,1-3H3,(H,40,41)(H,42,43)/t25?,28-,31?,32+,33+,34-,35-,36-/m1/s1. The minimum atomic E-state index is -1.49. The number of ketones is 1. The number of hydrogen-bond donors (Lipinski definition) is 2. The van der Waals surface area contributed by atoms with Crippen molar-refractivity contribution in [2.75, 3.05) is 7.11 Å². The number of carbonyl (C=O) groups is 5. The zero-order chi connectivity index (χ0) is 36.2. The maximum atomic E-state index is 13.3. The van der Waals surface area contributed by atoms with Crippen molar-refractivity contribution in [3.05, 3.63) is 77.9 Å². The number of ether oxygens (including phenoxy) is 7. The largest absolute Gasteiger partial charge is 0.497 e. The van der Waals surface area contributed by atoms with Crippen LogP contribution in [0.3, 0.4) is 0 Å². The predicted octanol–water partition coefficient (Wildman–Crippen LogP) is 3.62. The highest BCUT2D eigenvalue weighted by Crippen LogP contribution is 2.38. The van der Waals surface area contributed by atoms with E-state index in [2.05, 4.69) is 0 Å². The third-order valence-corrected chi connectivity index (χ3v) is 8.21. The molecule has 2 unspecified atom stereocenters. The van der Waals surface area contributed by atoms with Gasteiger partial charge in [-0.15, -0.1) is 0 Å². The number of carboxylic acid groups (broad SMARTS) is 2. The van der Waals surface area contributed by atoms with E-state index in [1.807, 2.05) is 30.3 Å². The third kappa shape index (κ3) is 11.2. The van der Waals surface area contributed by atoms with Crippen LogP contribution in [0.4, 0.5) is 0 Å². The van der Waals surface area contributed by atoms with Gasteiger partial charge in [-0.05, 0) is 54.2 Å². The Bertz CT molecular complexity index is 1490. The molecule has 2 N–H and O–H groups in total. The lowest BCUT2D eigenvalue weighted by molar-refractivity contribution is -0.211. The number of methoxy groups -OCH3 is 1. The van der Waals surface area contributed by atoms with Crippen molar-refractivity contribution in [3.8, 4) is 5.75 Å². The van der Waals surface area contributed by atoms with E-state index in [1.165, 1.54) is 13.0 Å². The number of esters is 2. The summed E-state index contributed by atoms with van der Waals surface area (Å²) in [4.78, 5) is 60.8. The highest BCUT2D eigenvalue weighted by Gasteiger charge is 2.54. The second-order valence-corrected chi connectivity index (χ2v) is 12.0. The molecule has 2 aromatic carbocycles. The van der Waals surface area contributed by atoms with Gasteiger partial charge in [0.25, 0.3) is 0 Å². The summed E-state index contributed by atoms with van der Waals surface area (Å²) >= 11 is 0. The Morgan fingerprint density at radius 1 is 0.840 bits per heavy atom. The van der Waals surface area contributed by atoms with E-state index in [9.17, 15) is 34.2 Å². The summed E-state index contributed by atoms with van der Waals surface area (Å²) < 4.78 is 41.4. The highest BCUT2D eigenvalue weighted by atomic mass is 16.7. The first-order valence-corrected chi connectivity index (χ1v) is 16.1. The molecule has 0 amide bonds. The maximum Gasteiger partial charge on any atom is 0.305 e. The van der Waals surface area contributed by atoms with Gasteiger partial charge in [-0.2, -0.15) is 0 Å². The summed E-state index contributed by atoms with van der Waals surface area (Å²) in [6, 6.07) is 16.3. The molecule has 0 saturated carbocycles. The van der Waals surface area contributed by atoms with E-state index in [4.69, 9.17) is 33.2 Å². The van der Waals surface area contributed by atoms with Gasteiger partial charge in [0, 0.05) is 26.7 Å². The molecule has 4 rings (SSSR count). The molecule has 2 aliphatic heterocycles. The number of rotatable bonds is 18. The van der Waals surface area contributed by atoms with Gasteiger partial charge in [-0.1, -0.05) is 42.5 Å². The van der Waals surface area contributed by atoms with Crippen molar-refractivity contribution in [2.45, 2.75) is 95.7 Å². The van der Waals surface area contributed by atoms with Crippen molar-refractivity contribution >= 4 is 29.7 Å². The quantitative estimate of drug-likeness (QED) is 0.215. The first-order valence-electron chi connectivity index (χ1n) is 16.1. The summed E-state index contributed by atoms with van der Waals surface area (Å²) in [5.41, 5.74) is 1.56. The third-order valence-electron chi connectivity index (χ3n) is 8.21. The molecule has 8 atom stereocenters. The van der Waals surface area contributed by atoms with Crippen molar-refractivity contribution in [1.82, 2.24) is 0 Å². The average Bonchev–Trinajstić information content (AvgIpc) is 3.41. The number of carbonyl (C=O) groups excluding carboxylic acids is 3. The smallest absolute Gasteiger partial charge is 0.305 e.